The molecule has 100 valence electrons. The second-order valence-electron chi connectivity index (χ2n) is 4.59. The highest BCUT2D eigenvalue weighted by Crippen LogP contribution is 2.21. The number of nitrogens with one attached hydrogen (secondary N) is 2. The molecule has 0 aromatic heterocycles. The van der Waals surface area contributed by atoms with Gasteiger partial charge in [-0.2, -0.15) is 0 Å². The van der Waals surface area contributed by atoms with Crippen LogP contribution in [0.5, 0.6) is 0 Å². The van der Waals surface area contributed by atoms with Gasteiger partial charge in [-0.3, -0.25) is 3.53 Å². The van der Waals surface area contributed by atoms with Gasteiger partial charge in [-0.1, -0.05) is 18.2 Å². The molecule has 0 unspecified atom stereocenters. The average Bonchev–Trinajstić information content (AvgIpc) is 2.40. The summed E-state index contributed by atoms with van der Waals surface area (Å²) in [6.07, 6.45) is 3.83. The minimum absolute atomic E-state index is 0.0659. The predicted molar refractivity (Wildman–Crippen MR) is 80.0 cm³/mol. The number of sulfonamides is 1. The van der Waals surface area contributed by atoms with Gasteiger partial charge >= 0.3 is 0 Å². The molecule has 1 saturated carbocycles. The van der Waals surface area contributed by atoms with Gasteiger partial charge in [0.2, 0.25) is 10.0 Å². The highest BCUT2D eigenvalue weighted by Gasteiger charge is 2.24. The molecule has 1 aliphatic carbocycles. The van der Waals surface area contributed by atoms with Crippen molar-refractivity contribution in [3.8, 4) is 0 Å². The smallest absolute Gasteiger partial charge is 0.240 e. The van der Waals surface area contributed by atoms with Gasteiger partial charge in [0, 0.05) is 34.9 Å². The molecule has 0 spiro atoms. The fourth-order valence-electron chi connectivity index (χ4n) is 2.21. The van der Waals surface area contributed by atoms with Crippen molar-refractivity contribution in [3.05, 3.63) is 30.3 Å². The third-order valence-electron chi connectivity index (χ3n) is 3.26. The van der Waals surface area contributed by atoms with Crippen LogP contribution >= 0.6 is 22.9 Å². The summed E-state index contributed by atoms with van der Waals surface area (Å²) in [4.78, 5) is 0.346. The van der Waals surface area contributed by atoms with Crippen molar-refractivity contribution >= 4 is 32.9 Å². The van der Waals surface area contributed by atoms with Crippen molar-refractivity contribution in [1.29, 1.82) is 0 Å². The molecule has 1 aromatic rings. The molecule has 2 rings (SSSR count). The lowest BCUT2D eigenvalue weighted by molar-refractivity contribution is 0.366. The summed E-state index contributed by atoms with van der Waals surface area (Å²) in [6.45, 7) is 0. The molecular weight excluding hydrogens is 363 g/mol. The van der Waals surface area contributed by atoms with Gasteiger partial charge in [-0.05, 0) is 37.8 Å². The zero-order valence-corrected chi connectivity index (χ0v) is 12.9. The Labute approximate surface area is 122 Å². The minimum atomic E-state index is -3.36. The Hall–Kier alpha value is -0.180. The average molecular weight is 380 g/mol. The van der Waals surface area contributed by atoms with Gasteiger partial charge in [-0.25, -0.2) is 13.1 Å². The minimum Gasteiger partial charge on any atom is -0.258 e. The van der Waals surface area contributed by atoms with Crippen molar-refractivity contribution < 1.29 is 8.42 Å². The Morgan fingerprint density at radius 1 is 1.00 bits per heavy atom. The number of halogens is 1. The van der Waals surface area contributed by atoms with Crippen molar-refractivity contribution in [3.63, 3.8) is 0 Å². The zero-order valence-electron chi connectivity index (χ0n) is 9.97. The molecule has 0 atom stereocenters. The molecule has 1 aromatic carbocycles. The lowest BCUT2D eigenvalue weighted by Gasteiger charge is -2.28. The summed E-state index contributed by atoms with van der Waals surface area (Å²) in [5.41, 5.74) is 0. The molecule has 18 heavy (non-hydrogen) atoms. The first-order chi connectivity index (χ1) is 8.62. The van der Waals surface area contributed by atoms with Gasteiger partial charge < -0.3 is 0 Å². The van der Waals surface area contributed by atoms with Gasteiger partial charge in [0.05, 0.1) is 4.90 Å². The first kappa shape index (κ1) is 14.2. The van der Waals surface area contributed by atoms with Crippen molar-refractivity contribution in [2.45, 2.75) is 42.7 Å². The summed E-state index contributed by atoms with van der Waals surface area (Å²) >= 11 is 2.16. The molecular formula is C12H17IN2O2S. The largest absolute Gasteiger partial charge is 0.258 e. The quantitative estimate of drug-likeness (QED) is 0.622. The van der Waals surface area contributed by atoms with Gasteiger partial charge in [0.1, 0.15) is 0 Å². The highest BCUT2D eigenvalue weighted by atomic mass is 127. The fraction of sp³-hybridized carbons (Fsp3) is 0.500. The van der Waals surface area contributed by atoms with Gasteiger partial charge in [0.15, 0.2) is 0 Å². The van der Waals surface area contributed by atoms with Crippen LogP contribution in [0.1, 0.15) is 25.7 Å². The standard InChI is InChI=1S/C12H17IN2O2S/c13-14-10-6-8-11(9-7-10)15-18(16,17)12-4-2-1-3-5-12/h1-5,10-11,14-15H,6-9H2. The third kappa shape index (κ3) is 3.66. The van der Waals surface area contributed by atoms with Crippen LogP contribution in [0.4, 0.5) is 0 Å². The molecule has 0 amide bonds. The molecule has 4 nitrogen and oxygen atoms in total. The lowest BCUT2D eigenvalue weighted by Crippen LogP contribution is -2.40. The van der Waals surface area contributed by atoms with Crippen molar-refractivity contribution in [2.75, 3.05) is 0 Å². The van der Waals surface area contributed by atoms with Crippen molar-refractivity contribution in [1.82, 2.24) is 8.25 Å². The summed E-state index contributed by atoms with van der Waals surface area (Å²) in [5, 5.41) is 0. The van der Waals surface area contributed by atoms with Crippen LogP contribution in [-0.4, -0.2) is 20.5 Å². The summed E-state index contributed by atoms with van der Waals surface area (Å²) in [6, 6.07) is 9.13. The molecule has 0 saturated heterocycles. The third-order valence-corrected chi connectivity index (χ3v) is 5.67. The molecule has 1 aliphatic rings. The van der Waals surface area contributed by atoms with E-state index in [4.69, 9.17) is 0 Å². The molecule has 0 heterocycles. The van der Waals surface area contributed by atoms with E-state index in [2.05, 4.69) is 31.1 Å². The van der Waals surface area contributed by atoms with Crippen LogP contribution in [0.25, 0.3) is 0 Å². The van der Waals surface area contributed by atoms with Gasteiger partial charge in [-0.15, -0.1) is 0 Å². The van der Waals surface area contributed by atoms with E-state index in [1.807, 2.05) is 6.07 Å². The fourth-order valence-corrected chi connectivity index (χ4v) is 4.16. The van der Waals surface area contributed by atoms with Crippen LogP contribution in [0.2, 0.25) is 0 Å². The van der Waals surface area contributed by atoms with E-state index in [1.165, 1.54) is 0 Å². The van der Waals surface area contributed by atoms with Crippen LogP contribution in [0.15, 0.2) is 35.2 Å². The van der Waals surface area contributed by atoms with E-state index in [-0.39, 0.29) is 6.04 Å². The first-order valence-electron chi connectivity index (χ1n) is 6.05. The normalized spacial score (nSPS) is 24.9. The number of benzene rings is 1. The molecule has 0 radical (unpaired) electrons. The van der Waals surface area contributed by atoms with Crippen LogP contribution in [-0.2, 0) is 10.0 Å². The summed E-state index contributed by atoms with van der Waals surface area (Å²) in [7, 11) is -3.36. The van der Waals surface area contributed by atoms with E-state index in [0.717, 1.165) is 25.7 Å². The topological polar surface area (TPSA) is 58.2 Å². The van der Waals surface area contributed by atoms with E-state index in [0.29, 0.717) is 10.9 Å². The number of rotatable bonds is 4. The second-order valence-corrected chi connectivity index (χ2v) is 6.93. The second kappa shape index (κ2) is 6.31. The lowest BCUT2D eigenvalue weighted by atomic mass is 9.93. The van der Waals surface area contributed by atoms with E-state index < -0.39 is 10.0 Å². The maximum Gasteiger partial charge on any atom is 0.240 e. The Morgan fingerprint density at radius 3 is 2.11 bits per heavy atom. The monoisotopic (exact) mass is 380 g/mol. The Balaban J connectivity index is 1.98. The molecule has 6 heteroatoms. The molecule has 0 bridgehead atoms. The maximum atomic E-state index is 12.1. The van der Waals surface area contributed by atoms with Crippen molar-refractivity contribution in [2.24, 2.45) is 0 Å². The van der Waals surface area contributed by atoms with Crippen LogP contribution in [0, 0.1) is 0 Å². The van der Waals surface area contributed by atoms with Gasteiger partial charge in [0.25, 0.3) is 0 Å². The van der Waals surface area contributed by atoms with Crippen LogP contribution in [0.3, 0.4) is 0 Å². The molecule has 0 aliphatic heterocycles. The number of hydrogen-bond donors (Lipinski definition) is 2. The van der Waals surface area contributed by atoms with Crippen LogP contribution < -0.4 is 8.25 Å². The predicted octanol–water partition coefficient (Wildman–Crippen LogP) is 2.22. The Bertz CT molecular complexity index is 470. The first-order valence-corrected chi connectivity index (χ1v) is 8.61. The van der Waals surface area contributed by atoms with E-state index in [9.17, 15) is 8.42 Å². The molecule has 2 N–H and O–H groups in total. The SMILES string of the molecule is O=S(=O)(NC1CCC(NI)CC1)c1ccccc1. The van der Waals surface area contributed by atoms with E-state index in [1.54, 1.807) is 24.3 Å². The Kier molecular flexibility index (Phi) is 4.99. The Morgan fingerprint density at radius 2 is 1.56 bits per heavy atom. The zero-order chi connectivity index (χ0) is 13.0. The highest BCUT2D eigenvalue weighted by molar-refractivity contribution is 14.1. The molecule has 1 fully saturated rings. The number of hydrogen-bond acceptors (Lipinski definition) is 3. The maximum absolute atomic E-state index is 12.1. The summed E-state index contributed by atoms with van der Waals surface area (Å²) in [5.74, 6) is 0. The van der Waals surface area contributed by atoms with E-state index >= 15 is 0 Å². The summed E-state index contributed by atoms with van der Waals surface area (Å²) < 4.78 is 30.3.